The molecular weight excluding hydrogens is 140 g/mol. The molecule has 0 aliphatic heterocycles. The van der Waals surface area contributed by atoms with E-state index in [1.807, 2.05) is 13.0 Å². The maximum Gasteiger partial charge on any atom is 0.308 e. The van der Waals surface area contributed by atoms with Crippen molar-refractivity contribution in [3.63, 3.8) is 0 Å². The Hall–Kier alpha value is -0.790. The quantitative estimate of drug-likeness (QED) is 0.460. The summed E-state index contributed by atoms with van der Waals surface area (Å²) >= 11 is 0. The first-order valence-electron chi connectivity index (χ1n) is 3.95. The maximum absolute atomic E-state index is 10.8. The van der Waals surface area contributed by atoms with E-state index in [1.165, 1.54) is 7.11 Å². The lowest BCUT2D eigenvalue weighted by molar-refractivity contribution is -0.144. The van der Waals surface area contributed by atoms with Crippen molar-refractivity contribution < 1.29 is 9.53 Å². The van der Waals surface area contributed by atoms with Crippen LogP contribution in [0.3, 0.4) is 0 Å². The minimum absolute atomic E-state index is 0.0113. The third-order valence-corrected chi connectivity index (χ3v) is 1.50. The predicted octanol–water partition coefficient (Wildman–Crippen LogP) is 2.15. The number of carbonyl (C=O) groups excluding carboxylic acids is 1. The molecule has 2 heteroatoms. The van der Waals surface area contributed by atoms with Crippen molar-refractivity contribution in [2.75, 3.05) is 7.11 Å². The second kappa shape index (κ2) is 5.96. The van der Waals surface area contributed by atoms with Gasteiger partial charge in [-0.1, -0.05) is 26.0 Å². The highest BCUT2D eigenvalue weighted by Gasteiger charge is 2.09. The Morgan fingerprint density at radius 2 is 2.18 bits per heavy atom. The Kier molecular flexibility index (Phi) is 5.53. The van der Waals surface area contributed by atoms with E-state index in [9.17, 15) is 4.79 Å². The Morgan fingerprint density at radius 1 is 1.55 bits per heavy atom. The predicted molar refractivity (Wildman–Crippen MR) is 45.2 cm³/mol. The van der Waals surface area contributed by atoms with Crippen LogP contribution in [-0.2, 0) is 9.53 Å². The molecule has 0 saturated carbocycles. The van der Waals surface area contributed by atoms with Crippen molar-refractivity contribution in [1.29, 1.82) is 0 Å². The van der Waals surface area contributed by atoms with Crippen LogP contribution >= 0.6 is 0 Å². The van der Waals surface area contributed by atoms with Gasteiger partial charge in [0, 0.05) is 0 Å². The molecule has 1 unspecified atom stereocenters. The fraction of sp³-hybridized carbons (Fsp3) is 0.667. The van der Waals surface area contributed by atoms with Crippen molar-refractivity contribution in [2.24, 2.45) is 5.92 Å². The number of hydrogen-bond donors (Lipinski definition) is 0. The molecule has 0 fully saturated rings. The van der Waals surface area contributed by atoms with E-state index in [0.717, 1.165) is 12.8 Å². The highest BCUT2D eigenvalue weighted by atomic mass is 16.5. The zero-order chi connectivity index (χ0) is 8.69. The molecule has 0 radical (unpaired) electrons. The van der Waals surface area contributed by atoms with E-state index >= 15 is 0 Å². The van der Waals surface area contributed by atoms with Gasteiger partial charge in [0.15, 0.2) is 0 Å². The molecule has 0 spiro atoms. The first kappa shape index (κ1) is 10.2. The molecule has 0 aromatic rings. The largest absolute Gasteiger partial charge is 0.469 e. The van der Waals surface area contributed by atoms with Crippen LogP contribution in [0.25, 0.3) is 0 Å². The van der Waals surface area contributed by atoms with Gasteiger partial charge in [-0.05, 0) is 12.8 Å². The van der Waals surface area contributed by atoms with Gasteiger partial charge in [-0.3, -0.25) is 4.79 Å². The first-order valence-corrected chi connectivity index (χ1v) is 3.95. The van der Waals surface area contributed by atoms with Crippen LogP contribution in [0.5, 0.6) is 0 Å². The molecule has 0 bridgehead atoms. The van der Waals surface area contributed by atoms with Crippen LogP contribution in [-0.4, -0.2) is 13.1 Å². The van der Waals surface area contributed by atoms with Crippen molar-refractivity contribution in [3.05, 3.63) is 12.2 Å². The molecular formula is C9H16O2. The van der Waals surface area contributed by atoms with Crippen LogP contribution in [0.1, 0.15) is 26.7 Å². The number of methoxy groups -OCH3 is 1. The third kappa shape index (κ3) is 4.59. The van der Waals surface area contributed by atoms with E-state index in [0.29, 0.717) is 0 Å². The summed E-state index contributed by atoms with van der Waals surface area (Å²) in [4.78, 5) is 10.8. The lowest BCUT2D eigenvalue weighted by Gasteiger charge is -2.04. The number of rotatable bonds is 4. The van der Waals surface area contributed by atoms with E-state index in [2.05, 4.69) is 17.7 Å². The number of hydrogen-bond acceptors (Lipinski definition) is 2. The van der Waals surface area contributed by atoms with Crippen LogP contribution in [0.2, 0.25) is 0 Å². The van der Waals surface area contributed by atoms with Crippen molar-refractivity contribution in [2.45, 2.75) is 26.7 Å². The van der Waals surface area contributed by atoms with Gasteiger partial charge in [-0.15, -0.1) is 0 Å². The molecule has 0 N–H and O–H groups in total. The fourth-order valence-electron chi connectivity index (χ4n) is 0.764. The van der Waals surface area contributed by atoms with Crippen LogP contribution in [0.4, 0.5) is 0 Å². The van der Waals surface area contributed by atoms with E-state index in [-0.39, 0.29) is 11.9 Å². The minimum Gasteiger partial charge on any atom is -0.469 e. The maximum atomic E-state index is 10.8. The lowest BCUT2D eigenvalue weighted by Crippen LogP contribution is -2.11. The van der Waals surface area contributed by atoms with Crippen LogP contribution in [0, 0.1) is 5.92 Å². The molecule has 64 valence electrons. The smallest absolute Gasteiger partial charge is 0.308 e. The van der Waals surface area contributed by atoms with Crippen molar-refractivity contribution in [1.82, 2.24) is 0 Å². The molecule has 0 aliphatic carbocycles. The summed E-state index contributed by atoms with van der Waals surface area (Å²) in [5, 5.41) is 0. The SMILES string of the molecule is CC/C=C\CC(C)C(=O)OC. The molecule has 0 rings (SSSR count). The topological polar surface area (TPSA) is 26.3 Å². The first-order chi connectivity index (χ1) is 5.22. The highest BCUT2D eigenvalue weighted by molar-refractivity contribution is 5.71. The van der Waals surface area contributed by atoms with Gasteiger partial charge in [-0.25, -0.2) is 0 Å². The Bertz CT molecular complexity index is 138. The molecule has 0 aromatic carbocycles. The van der Waals surface area contributed by atoms with Gasteiger partial charge >= 0.3 is 5.97 Å². The summed E-state index contributed by atoms with van der Waals surface area (Å²) in [6.07, 6.45) is 5.87. The average molecular weight is 156 g/mol. The van der Waals surface area contributed by atoms with Crippen LogP contribution < -0.4 is 0 Å². The Labute approximate surface area is 68.2 Å². The van der Waals surface area contributed by atoms with Crippen LogP contribution in [0.15, 0.2) is 12.2 Å². The summed E-state index contributed by atoms with van der Waals surface area (Å²) in [7, 11) is 1.42. The summed E-state index contributed by atoms with van der Waals surface area (Å²) in [5.74, 6) is -0.145. The molecule has 0 heterocycles. The van der Waals surface area contributed by atoms with Crippen molar-refractivity contribution in [3.8, 4) is 0 Å². The van der Waals surface area contributed by atoms with Crippen molar-refractivity contribution >= 4 is 5.97 Å². The van der Waals surface area contributed by atoms with Gasteiger partial charge in [0.05, 0.1) is 13.0 Å². The molecule has 0 saturated heterocycles. The van der Waals surface area contributed by atoms with Gasteiger partial charge < -0.3 is 4.74 Å². The second-order valence-corrected chi connectivity index (χ2v) is 2.54. The lowest BCUT2D eigenvalue weighted by atomic mass is 10.1. The Morgan fingerprint density at radius 3 is 2.64 bits per heavy atom. The van der Waals surface area contributed by atoms with Gasteiger partial charge in [0.1, 0.15) is 0 Å². The minimum atomic E-state index is -0.134. The fourth-order valence-corrected chi connectivity index (χ4v) is 0.764. The molecule has 0 aliphatic rings. The average Bonchev–Trinajstić information content (AvgIpc) is 2.03. The standard InChI is InChI=1S/C9H16O2/c1-4-5-6-7-8(2)9(10)11-3/h5-6,8H,4,7H2,1-3H3/b6-5-. The molecule has 1 atom stereocenters. The van der Waals surface area contributed by atoms with Gasteiger partial charge in [0.25, 0.3) is 0 Å². The molecule has 11 heavy (non-hydrogen) atoms. The normalized spacial score (nSPS) is 13.4. The monoisotopic (exact) mass is 156 g/mol. The number of allylic oxidation sites excluding steroid dienone is 2. The molecule has 0 aromatic heterocycles. The molecule has 0 amide bonds. The number of ether oxygens (including phenoxy) is 1. The van der Waals surface area contributed by atoms with E-state index < -0.39 is 0 Å². The number of carbonyl (C=O) groups is 1. The zero-order valence-electron chi connectivity index (χ0n) is 7.46. The highest BCUT2D eigenvalue weighted by Crippen LogP contribution is 2.04. The zero-order valence-corrected chi connectivity index (χ0v) is 7.46. The summed E-state index contributed by atoms with van der Waals surface area (Å²) in [6, 6.07) is 0. The summed E-state index contributed by atoms with van der Waals surface area (Å²) in [5.41, 5.74) is 0. The molecule has 2 nitrogen and oxygen atoms in total. The summed E-state index contributed by atoms with van der Waals surface area (Å²) in [6.45, 7) is 3.94. The third-order valence-electron chi connectivity index (χ3n) is 1.50. The van der Waals surface area contributed by atoms with E-state index in [4.69, 9.17) is 0 Å². The number of esters is 1. The van der Waals surface area contributed by atoms with Gasteiger partial charge in [0.2, 0.25) is 0 Å². The second-order valence-electron chi connectivity index (χ2n) is 2.54. The summed E-state index contributed by atoms with van der Waals surface area (Å²) < 4.78 is 4.57. The van der Waals surface area contributed by atoms with Gasteiger partial charge in [-0.2, -0.15) is 0 Å². The Balaban J connectivity index is 3.59. The van der Waals surface area contributed by atoms with E-state index in [1.54, 1.807) is 0 Å².